The summed E-state index contributed by atoms with van der Waals surface area (Å²) < 4.78 is 0. The number of nitrogens with zero attached hydrogens (tertiary/aromatic N) is 2. The normalized spacial score (nSPS) is 8.50. The average Bonchev–Trinajstić information content (AvgIpc) is 1.99. The van der Waals surface area contributed by atoms with Crippen LogP contribution in [0.1, 0.15) is 6.92 Å². The third kappa shape index (κ3) is 2.70. The Hall–Kier alpha value is -0.750. The van der Waals surface area contributed by atoms with Gasteiger partial charge in [-0.3, -0.25) is 4.79 Å². The lowest BCUT2D eigenvalue weighted by Gasteiger charge is -2.14. The van der Waals surface area contributed by atoms with Crippen molar-refractivity contribution in [1.82, 2.24) is 4.90 Å². The maximum Gasteiger partial charge on any atom is 0.238 e. The van der Waals surface area contributed by atoms with Crippen molar-refractivity contribution < 1.29 is 4.79 Å². The summed E-state index contributed by atoms with van der Waals surface area (Å²) in [5, 5.41) is 8.23. The number of amides is 1. The van der Waals surface area contributed by atoms with E-state index in [1.807, 2.05) is 13.0 Å². The van der Waals surface area contributed by atoms with E-state index in [2.05, 4.69) is 0 Å². The Morgan fingerprint density at radius 2 is 2.40 bits per heavy atom. The smallest absolute Gasteiger partial charge is 0.238 e. The molecule has 0 saturated carbocycles. The van der Waals surface area contributed by atoms with Gasteiger partial charge in [-0.1, -0.05) is 0 Å². The molecule has 3 nitrogen and oxygen atoms in total. The number of rotatable bonds is 3. The first-order valence-electron chi connectivity index (χ1n) is 2.97. The number of carbonyl (C=O) groups excluding carboxylic acids is 1. The maximum atomic E-state index is 10.8. The van der Waals surface area contributed by atoms with Gasteiger partial charge in [-0.2, -0.15) is 5.26 Å². The van der Waals surface area contributed by atoms with E-state index in [1.165, 1.54) is 4.90 Å². The third-order valence-corrected chi connectivity index (χ3v) is 1.34. The largest absolute Gasteiger partial charge is 0.329 e. The van der Waals surface area contributed by atoms with Crippen LogP contribution >= 0.6 is 11.6 Å². The van der Waals surface area contributed by atoms with E-state index < -0.39 is 0 Å². The van der Waals surface area contributed by atoms with Gasteiger partial charge in [0.15, 0.2) is 0 Å². The quantitative estimate of drug-likeness (QED) is 0.448. The van der Waals surface area contributed by atoms with E-state index in [0.717, 1.165) is 0 Å². The topological polar surface area (TPSA) is 44.1 Å². The summed E-state index contributed by atoms with van der Waals surface area (Å²) in [6.07, 6.45) is 0. The zero-order chi connectivity index (χ0) is 7.98. The molecule has 4 heteroatoms. The van der Waals surface area contributed by atoms with Crippen LogP contribution < -0.4 is 0 Å². The van der Waals surface area contributed by atoms with Crippen molar-refractivity contribution >= 4 is 17.5 Å². The lowest BCUT2D eigenvalue weighted by atomic mass is 10.5. The van der Waals surface area contributed by atoms with Crippen LogP contribution in [-0.2, 0) is 4.79 Å². The van der Waals surface area contributed by atoms with E-state index in [-0.39, 0.29) is 18.3 Å². The van der Waals surface area contributed by atoms with Gasteiger partial charge in [0.25, 0.3) is 0 Å². The highest BCUT2D eigenvalue weighted by Gasteiger charge is 2.07. The zero-order valence-corrected chi connectivity index (χ0v) is 6.56. The van der Waals surface area contributed by atoms with Crippen LogP contribution in [0.15, 0.2) is 0 Å². The third-order valence-electron chi connectivity index (χ3n) is 1.11. The van der Waals surface area contributed by atoms with Crippen LogP contribution in [0.4, 0.5) is 0 Å². The summed E-state index contributed by atoms with van der Waals surface area (Å²) in [7, 11) is 0. The number of alkyl halides is 1. The van der Waals surface area contributed by atoms with Crippen LogP contribution in [0.2, 0.25) is 0 Å². The van der Waals surface area contributed by atoms with Gasteiger partial charge in [0.2, 0.25) is 5.91 Å². The minimum atomic E-state index is -0.189. The van der Waals surface area contributed by atoms with E-state index in [9.17, 15) is 4.79 Å². The Labute approximate surface area is 65.2 Å². The number of carbonyl (C=O) groups is 1. The van der Waals surface area contributed by atoms with Gasteiger partial charge >= 0.3 is 0 Å². The molecular weight excluding hydrogens is 152 g/mol. The molecule has 0 heterocycles. The summed E-state index contributed by atoms with van der Waals surface area (Å²) in [5.41, 5.74) is 0. The first-order chi connectivity index (χ1) is 4.76. The molecule has 0 saturated heterocycles. The van der Waals surface area contributed by atoms with Crippen molar-refractivity contribution in [2.75, 3.05) is 19.0 Å². The number of hydrogen-bond donors (Lipinski definition) is 0. The average molecular weight is 161 g/mol. The van der Waals surface area contributed by atoms with E-state index in [0.29, 0.717) is 6.54 Å². The second-order valence-corrected chi connectivity index (χ2v) is 1.97. The van der Waals surface area contributed by atoms with Crippen molar-refractivity contribution in [3.8, 4) is 6.07 Å². The maximum absolute atomic E-state index is 10.8. The molecule has 0 atom stereocenters. The summed E-state index contributed by atoms with van der Waals surface area (Å²) in [4.78, 5) is 12.2. The fraction of sp³-hybridized carbons (Fsp3) is 0.667. The Morgan fingerprint density at radius 3 is 2.70 bits per heavy atom. The van der Waals surface area contributed by atoms with E-state index in [1.54, 1.807) is 0 Å². The van der Waals surface area contributed by atoms with Crippen LogP contribution in [0.5, 0.6) is 0 Å². The Balaban J connectivity index is 3.83. The number of nitriles is 1. The molecule has 10 heavy (non-hydrogen) atoms. The predicted octanol–water partition coefficient (Wildman–Crippen LogP) is 0.597. The molecule has 0 aliphatic carbocycles. The molecule has 0 unspecified atom stereocenters. The fourth-order valence-electron chi connectivity index (χ4n) is 0.546. The molecule has 0 aromatic heterocycles. The molecule has 0 aromatic carbocycles. The van der Waals surface area contributed by atoms with Gasteiger partial charge in [-0.05, 0) is 6.92 Å². The van der Waals surface area contributed by atoms with Crippen molar-refractivity contribution in [3.05, 3.63) is 0 Å². The standard InChI is InChI=1S/C6H9ClN2O/c1-2-9(4-3-8)6(10)5-7/h2,4-5H2,1H3. The molecule has 1 amide bonds. The summed E-state index contributed by atoms with van der Waals surface area (Å²) in [5.74, 6) is -0.235. The van der Waals surface area contributed by atoms with E-state index in [4.69, 9.17) is 16.9 Å². The predicted molar refractivity (Wildman–Crippen MR) is 38.6 cm³/mol. The summed E-state index contributed by atoms with van der Waals surface area (Å²) in [6, 6.07) is 1.88. The van der Waals surface area contributed by atoms with Crippen molar-refractivity contribution in [1.29, 1.82) is 5.26 Å². The Kier molecular flexibility index (Phi) is 4.69. The lowest BCUT2D eigenvalue weighted by molar-refractivity contribution is -0.127. The SMILES string of the molecule is CCN(CC#N)C(=O)CCl. The molecule has 0 bridgehead atoms. The second kappa shape index (κ2) is 5.07. The molecular formula is C6H9ClN2O. The molecule has 0 rings (SSSR count). The Bertz CT molecular complexity index is 152. The molecule has 0 fully saturated rings. The molecule has 0 aliphatic heterocycles. The highest BCUT2D eigenvalue weighted by Crippen LogP contribution is 1.89. The second-order valence-electron chi connectivity index (χ2n) is 1.70. The molecule has 0 N–H and O–H groups in total. The lowest BCUT2D eigenvalue weighted by Crippen LogP contribution is -2.31. The van der Waals surface area contributed by atoms with Crippen molar-refractivity contribution in [2.45, 2.75) is 6.92 Å². The highest BCUT2D eigenvalue weighted by molar-refractivity contribution is 6.27. The van der Waals surface area contributed by atoms with Gasteiger partial charge in [-0.15, -0.1) is 11.6 Å². The first-order valence-corrected chi connectivity index (χ1v) is 3.50. The monoisotopic (exact) mass is 160 g/mol. The molecule has 0 aromatic rings. The van der Waals surface area contributed by atoms with Crippen molar-refractivity contribution in [2.24, 2.45) is 0 Å². The minimum absolute atomic E-state index is 0.0461. The van der Waals surface area contributed by atoms with Gasteiger partial charge in [0, 0.05) is 6.54 Å². The minimum Gasteiger partial charge on any atom is -0.329 e. The number of hydrogen-bond acceptors (Lipinski definition) is 2. The van der Waals surface area contributed by atoms with E-state index >= 15 is 0 Å². The fourth-order valence-corrected chi connectivity index (χ4v) is 0.715. The number of halogens is 1. The zero-order valence-electron chi connectivity index (χ0n) is 5.80. The molecule has 0 radical (unpaired) electrons. The first kappa shape index (κ1) is 9.25. The van der Waals surface area contributed by atoms with Gasteiger partial charge < -0.3 is 4.90 Å². The summed E-state index contributed by atoms with van der Waals surface area (Å²) in [6.45, 7) is 2.48. The van der Waals surface area contributed by atoms with Crippen molar-refractivity contribution in [3.63, 3.8) is 0 Å². The molecule has 0 spiro atoms. The van der Waals surface area contributed by atoms with Gasteiger partial charge in [-0.25, -0.2) is 0 Å². The molecule has 56 valence electrons. The van der Waals surface area contributed by atoms with Crippen LogP contribution in [0, 0.1) is 11.3 Å². The Morgan fingerprint density at radius 1 is 1.80 bits per heavy atom. The van der Waals surface area contributed by atoms with Crippen LogP contribution in [0.3, 0.4) is 0 Å². The van der Waals surface area contributed by atoms with Crippen LogP contribution in [0.25, 0.3) is 0 Å². The van der Waals surface area contributed by atoms with Crippen LogP contribution in [-0.4, -0.2) is 29.8 Å². The summed E-state index contributed by atoms with van der Waals surface area (Å²) >= 11 is 5.26. The molecule has 0 aliphatic rings. The van der Waals surface area contributed by atoms with Gasteiger partial charge in [0.1, 0.15) is 12.4 Å². The van der Waals surface area contributed by atoms with Gasteiger partial charge in [0.05, 0.1) is 6.07 Å². The highest BCUT2D eigenvalue weighted by atomic mass is 35.5.